The van der Waals surface area contributed by atoms with Gasteiger partial charge in [0.15, 0.2) is 4.96 Å². The SMILES string of the molecule is Cc1cn2c(CN(C)C(=O)/C=C/c3ccc(Cl)cc3)c(C)nc2s1. The summed E-state index contributed by atoms with van der Waals surface area (Å²) >= 11 is 7.52. The number of likely N-dealkylation sites (N-methyl/N-ethyl adjacent to an activating group) is 1. The van der Waals surface area contributed by atoms with Gasteiger partial charge in [-0.2, -0.15) is 0 Å². The molecule has 1 amide bonds. The number of rotatable bonds is 4. The Morgan fingerprint density at radius 2 is 2.04 bits per heavy atom. The summed E-state index contributed by atoms with van der Waals surface area (Å²) in [6.45, 7) is 4.56. The van der Waals surface area contributed by atoms with Crippen molar-refractivity contribution in [3.8, 4) is 0 Å². The van der Waals surface area contributed by atoms with E-state index in [2.05, 4.69) is 22.5 Å². The second-order valence-electron chi connectivity index (χ2n) is 5.72. The summed E-state index contributed by atoms with van der Waals surface area (Å²) in [6, 6.07) is 7.37. The molecule has 1 aromatic carbocycles. The Hall–Kier alpha value is -2.11. The van der Waals surface area contributed by atoms with E-state index < -0.39 is 0 Å². The summed E-state index contributed by atoms with van der Waals surface area (Å²) in [7, 11) is 1.80. The largest absolute Gasteiger partial charge is 0.336 e. The predicted molar refractivity (Wildman–Crippen MR) is 99.5 cm³/mol. The van der Waals surface area contributed by atoms with Crippen LogP contribution in [0.15, 0.2) is 36.5 Å². The summed E-state index contributed by atoms with van der Waals surface area (Å²) in [5.41, 5.74) is 2.95. The van der Waals surface area contributed by atoms with Crippen LogP contribution in [0.3, 0.4) is 0 Å². The predicted octanol–water partition coefficient (Wildman–Crippen LogP) is 4.34. The standard InChI is InChI=1S/C18H18ClN3OS/c1-12-10-22-16(13(2)20-18(22)24-12)11-21(3)17(23)9-6-14-4-7-15(19)8-5-14/h4-10H,11H2,1-3H3/b9-6+. The van der Waals surface area contributed by atoms with Crippen molar-refractivity contribution in [2.24, 2.45) is 0 Å². The third kappa shape index (κ3) is 3.52. The van der Waals surface area contributed by atoms with Crippen molar-refractivity contribution >= 4 is 39.9 Å². The molecule has 0 spiro atoms. The van der Waals surface area contributed by atoms with Gasteiger partial charge in [0.25, 0.3) is 0 Å². The average Bonchev–Trinajstić information content (AvgIpc) is 3.03. The van der Waals surface area contributed by atoms with Crippen LogP contribution < -0.4 is 0 Å². The first-order chi connectivity index (χ1) is 11.4. The topological polar surface area (TPSA) is 37.6 Å². The summed E-state index contributed by atoms with van der Waals surface area (Å²) < 4.78 is 2.07. The van der Waals surface area contributed by atoms with Crippen LogP contribution in [0.2, 0.25) is 5.02 Å². The van der Waals surface area contributed by atoms with Gasteiger partial charge in [-0.15, -0.1) is 11.3 Å². The summed E-state index contributed by atoms with van der Waals surface area (Å²) in [6.07, 6.45) is 5.44. The maximum atomic E-state index is 12.3. The molecule has 2 heterocycles. The van der Waals surface area contributed by atoms with Crippen molar-refractivity contribution in [2.45, 2.75) is 20.4 Å². The first kappa shape index (κ1) is 16.7. The maximum Gasteiger partial charge on any atom is 0.246 e. The molecule has 0 N–H and O–H groups in total. The molecule has 0 radical (unpaired) electrons. The number of aromatic nitrogens is 2. The summed E-state index contributed by atoms with van der Waals surface area (Å²) in [4.78, 5) is 20.8. The van der Waals surface area contributed by atoms with Gasteiger partial charge in [0, 0.05) is 29.2 Å². The van der Waals surface area contributed by atoms with Crippen LogP contribution in [-0.4, -0.2) is 27.2 Å². The number of halogens is 1. The molecule has 0 unspecified atom stereocenters. The molecule has 0 aliphatic heterocycles. The van der Waals surface area contributed by atoms with E-state index in [4.69, 9.17) is 11.6 Å². The number of amides is 1. The van der Waals surface area contributed by atoms with E-state index in [0.717, 1.165) is 21.9 Å². The third-order valence-electron chi connectivity index (χ3n) is 3.79. The number of thiazole rings is 1. The summed E-state index contributed by atoms with van der Waals surface area (Å²) in [5, 5.41) is 0.682. The van der Waals surface area contributed by atoms with E-state index in [-0.39, 0.29) is 5.91 Å². The fourth-order valence-electron chi connectivity index (χ4n) is 2.47. The number of aryl methyl sites for hydroxylation is 2. The van der Waals surface area contributed by atoms with E-state index in [1.807, 2.05) is 19.1 Å². The third-order valence-corrected chi connectivity index (χ3v) is 4.94. The zero-order chi connectivity index (χ0) is 17.3. The van der Waals surface area contributed by atoms with Crippen LogP contribution in [-0.2, 0) is 11.3 Å². The molecule has 0 bridgehead atoms. The fraction of sp³-hybridized carbons (Fsp3) is 0.222. The van der Waals surface area contributed by atoms with E-state index in [0.29, 0.717) is 11.6 Å². The van der Waals surface area contributed by atoms with E-state index in [9.17, 15) is 4.79 Å². The zero-order valence-corrected chi connectivity index (χ0v) is 15.4. The Morgan fingerprint density at radius 3 is 2.75 bits per heavy atom. The van der Waals surface area contributed by atoms with Gasteiger partial charge in [0.1, 0.15) is 0 Å². The van der Waals surface area contributed by atoms with Gasteiger partial charge in [-0.3, -0.25) is 9.20 Å². The monoisotopic (exact) mass is 359 g/mol. The molecule has 0 aliphatic rings. The highest BCUT2D eigenvalue weighted by atomic mass is 35.5. The van der Waals surface area contributed by atoms with Crippen LogP contribution in [0, 0.1) is 13.8 Å². The quantitative estimate of drug-likeness (QED) is 0.650. The van der Waals surface area contributed by atoms with Crippen LogP contribution in [0.5, 0.6) is 0 Å². The minimum atomic E-state index is -0.0498. The number of hydrogen-bond acceptors (Lipinski definition) is 3. The second kappa shape index (κ2) is 6.79. The Labute approximate surface area is 150 Å². The van der Waals surface area contributed by atoms with E-state index in [1.165, 1.54) is 4.88 Å². The van der Waals surface area contributed by atoms with Gasteiger partial charge in [-0.25, -0.2) is 4.98 Å². The number of nitrogens with zero attached hydrogens (tertiary/aromatic N) is 3. The van der Waals surface area contributed by atoms with Gasteiger partial charge < -0.3 is 4.90 Å². The molecule has 0 saturated heterocycles. The van der Waals surface area contributed by atoms with Crippen LogP contribution >= 0.6 is 22.9 Å². The smallest absolute Gasteiger partial charge is 0.246 e. The van der Waals surface area contributed by atoms with Gasteiger partial charge >= 0.3 is 0 Å². The molecule has 124 valence electrons. The number of fused-ring (bicyclic) bond motifs is 1. The molecule has 4 nitrogen and oxygen atoms in total. The number of carbonyl (C=O) groups is 1. The van der Waals surface area contributed by atoms with Gasteiger partial charge in [-0.1, -0.05) is 23.7 Å². The molecule has 24 heavy (non-hydrogen) atoms. The molecule has 3 aromatic rings. The Balaban J connectivity index is 1.73. The van der Waals surface area contributed by atoms with Crippen LogP contribution in [0.1, 0.15) is 21.8 Å². The zero-order valence-electron chi connectivity index (χ0n) is 13.8. The lowest BCUT2D eigenvalue weighted by molar-refractivity contribution is -0.125. The molecule has 0 atom stereocenters. The second-order valence-corrected chi connectivity index (χ2v) is 7.37. The van der Waals surface area contributed by atoms with Crippen molar-refractivity contribution in [1.82, 2.24) is 14.3 Å². The van der Waals surface area contributed by atoms with Crippen LogP contribution in [0.25, 0.3) is 11.0 Å². The van der Waals surface area contributed by atoms with Crippen molar-refractivity contribution in [1.29, 1.82) is 0 Å². The minimum Gasteiger partial charge on any atom is -0.336 e. The molecule has 3 rings (SSSR count). The van der Waals surface area contributed by atoms with Crippen molar-refractivity contribution < 1.29 is 4.79 Å². The Bertz CT molecular complexity index is 908. The lowest BCUT2D eigenvalue weighted by Gasteiger charge is -2.15. The molecule has 0 fully saturated rings. The lowest BCUT2D eigenvalue weighted by Crippen LogP contribution is -2.25. The maximum absolute atomic E-state index is 12.3. The first-order valence-electron chi connectivity index (χ1n) is 7.57. The first-order valence-corrected chi connectivity index (χ1v) is 8.76. The number of carbonyl (C=O) groups excluding carboxylic acids is 1. The van der Waals surface area contributed by atoms with Crippen LogP contribution in [0.4, 0.5) is 0 Å². The highest BCUT2D eigenvalue weighted by Gasteiger charge is 2.14. The fourth-order valence-corrected chi connectivity index (χ4v) is 3.49. The normalized spacial score (nSPS) is 11.5. The van der Waals surface area contributed by atoms with Crippen molar-refractivity contribution in [2.75, 3.05) is 7.05 Å². The Morgan fingerprint density at radius 1 is 1.33 bits per heavy atom. The number of imidazole rings is 1. The summed E-state index contributed by atoms with van der Waals surface area (Å²) in [5.74, 6) is -0.0498. The van der Waals surface area contributed by atoms with E-state index >= 15 is 0 Å². The van der Waals surface area contributed by atoms with E-state index in [1.54, 1.807) is 47.6 Å². The molecule has 6 heteroatoms. The van der Waals surface area contributed by atoms with Crippen molar-refractivity contribution in [3.63, 3.8) is 0 Å². The number of benzene rings is 1. The average molecular weight is 360 g/mol. The minimum absolute atomic E-state index is 0.0498. The van der Waals surface area contributed by atoms with Gasteiger partial charge in [0.05, 0.1) is 17.9 Å². The highest BCUT2D eigenvalue weighted by Crippen LogP contribution is 2.21. The number of hydrogen-bond donors (Lipinski definition) is 0. The molecular weight excluding hydrogens is 342 g/mol. The van der Waals surface area contributed by atoms with Gasteiger partial charge in [0.2, 0.25) is 5.91 Å². The highest BCUT2D eigenvalue weighted by molar-refractivity contribution is 7.17. The molecule has 2 aromatic heterocycles. The molecule has 0 saturated carbocycles. The lowest BCUT2D eigenvalue weighted by atomic mass is 10.2. The molecular formula is C18H18ClN3OS. The Kier molecular flexibility index (Phi) is 4.73. The van der Waals surface area contributed by atoms with Gasteiger partial charge in [-0.05, 0) is 37.6 Å². The molecule has 0 aliphatic carbocycles. The van der Waals surface area contributed by atoms with Crippen molar-refractivity contribution in [3.05, 3.63) is 63.4 Å².